The molecular weight excluding hydrogens is 347 g/mol. The molecule has 1 aromatic carbocycles. The lowest BCUT2D eigenvalue weighted by Gasteiger charge is -2.17. The Morgan fingerprint density at radius 2 is 1.92 bits per heavy atom. The van der Waals surface area contributed by atoms with Crippen LogP contribution >= 0.6 is 12.4 Å². The number of carbonyl (C=O) groups excluding carboxylic acids is 1. The van der Waals surface area contributed by atoms with Gasteiger partial charge in [0.1, 0.15) is 23.9 Å². The molecule has 1 amide bonds. The standard InChI is InChI=1S/C18H23FN2O3.ClH/c1-12(2)9-14(10-20)21-18(22)17-8-7-16(24-17)11-23-15-5-3-13(19)4-6-15;/h3-8,12,14H,9-11,20H2,1-2H3,(H,21,22);1H. The second kappa shape index (κ2) is 10.1. The van der Waals surface area contributed by atoms with Gasteiger partial charge in [-0.3, -0.25) is 4.79 Å². The van der Waals surface area contributed by atoms with Crippen molar-refractivity contribution in [1.29, 1.82) is 0 Å². The summed E-state index contributed by atoms with van der Waals surface area (Å²) in [5.41, 5.74) is 5.68. The van der Waals surface area contributed by atoms with E-state index in [0.29, 0.717) is 24.0 Å². The zero-order chi connectivity index (χ0) is 17.5. The van der Waals surface area contributed by atoms with Crippen LogP contribution in [0.5, 0.6) is 5.75 Å². The number of hydrogen-bond donors (Lipinski definition) is 2. The van der Waals surface area contributed by atoms with Crippen LogP contribution < -0.4 is 15.8 Å². The summed E-state index contributed by atoms with van der Waals surface area (Å²) in [7, 11) is 0. The number of ether oxygens (including phenoxy) is 1. The lowest BCUT2D eigenvalue weighted by atomic mass is 10.0. The molecular formula is C18H24ClFN2O3. The van der Waals surface area contributed by atoms with E-state index < -0.39 is 0 Å². The van der Waals surface area contributed by atoms with Gasteiger partial charge in [0.05, 0.1) is 0 Å². The molecule has 0 spiro atoms. The Labute approximate surface area is 153 Å². The maximum atomic E-state index is 12.8. The molecule has 0 bridgehead atoms. The maximum absolute atomic E-state index is 12.8. The number of carbonyl (C=O) groups is 1. The van der Waals surface area contributed by atoms with Gasteiger partial charge in [-0.2, -0.15) is 0 Å². The zero-order valence-electron chi connectivity index (χ0n) is 14.3. The molecule has 1 heterocycles. The highest BCUT2D eigenvalue weighted by Gasteiger charge is 2.16. The minimum Gasteiger partial charge on any atom is -0.486 e. The van der Waals surface area contributed by atoms with Crippen LogP contribution in [0, 0.1) is 11.7 Å². The van der Waals surface area contributed by atoms with Crippen molar-refractivity contribution in [2.45, 2.75) is 32.9 Å². The Bertz CT molecular complexity index is 659. The first kappa shape index (κ1) is 21.0. The highest BCUT2D eigenvalue weighted by molar-refractivity contribution is 5.91. The molecule has 1 aromatic heterocycles. The number of nitrogens with two attached hydrogens (primary N) is 1. The van der Waals surface area contributed by atoms with Crippen LogP contribution in [0.2, 0.25) is 0 Å². The van der Waals surface area contributed by atoms with E-state index in [9.17, 15) is 9.18 Å². The van der Waals surface area contributed by atoms with E-state index in [2.05, 4.69) is 19.2 Å². The van der Waals surface area contributed by atoms with Gasteiger partial charge in [-0.15, -0.1) is 12.4 Å². The van der Waals surface area contributed by atoms with Gasteiger partial charge in [0, 0.05) is 12.6 Å². The highest BCUT2D eigenvalue weighted by atomic mass is 35.5. The van der Waals surface area contributed by atoms with E-state index in [0.717, 1.165) is 6.42 Å². The number of hydrogen-bond acceptors (Lipinski definition) is 4. The Kier molecular flexibility index (Phi) is 8.45. The third kappa shape index (κ3) is 6.76. The SMILES string of the molecule is CC(C)CC(CN)NC(=O)c1ccc(COc2ccc(F)cc2)o1.Cl. The monoisotopic (exact) mass is 370 g/mol. The van der Waals surface area contributed by atoms with Crippen molar-refractivity contribution in [1.82, 2.24) is 5.32 Å². The summed E-state index contributed by atoms with van der Waals surface area (Å²) in [4.78, 5) is 12.2. The third-order valence-corrected chi connectivity index (χ3v) is 3.46. The summed E-state index contributed by atoms with van der Waals surface area (Å²) in [6.07, 6.45) is 0.809. The van der Waals surface area contributed by atoms with Gasteiger partial charge in [0.15, 0.2) is 5.76 Å². The molecule has 1 atom stereocenters. The lowest BCUT2D eigenvalue weighted by Crippen LogP contribution is -2.40. The molecule has 138 valence electrons. The second-order valence-electron chi connectivity index (χ2n) is 6.04. The fraction of sp³-hybridized carbons (Fsp3) is 0.389. The predicted molar refractivity (Wildman–Crippen MR) is 96.5 cm³/mol. The molecule has 0 radical (unpaired) electrons. The van der Waals surface area contributed by atoms with Crippen molar-refractivity contribution < 1.29 is 18.3 Å². The van der Waals surface area contributed by atoms with Gasteiger partial charge in [-0.1, -0.05) is 13.8 Å². The van der Waals surface area contributed by atoms with Gasteiger partial charge in [0.25, 0.3) is 5.91 Å². The van der Waals surface area contributed by atoms with Crippen molar-refractivity contribution >= 4 is 18.3 Å². The number of halogens is 2. The molecule has 2 rings (SSSR count). The van der Waals surface area contributed by atoms with Crippen LogP contribution in [-0.2, 0) is 6.61 Å². The minimum atomic E-state index is -0.324. The maximum Gasteiger partial charge on any atom is 0.287 e. The summed E-state index contributed by atoms with van der Waals surface area (Å²) in [6.45, 7) is 4.69. The molecule has 3 N–H and O–H groups in total. The van der Waals surface area contributed by atoms with Crippen LogP contribution in [0.1, 0.15) is 36.6 Å². The molecule has 0 saturated heterocycles. The Morgan fingerprint density at radius 3 is 2.52 bits per heavy atom. The summed E-state index contributed by atoms with van der Waals surface area (Å²) >= 11 is 0. The predicted octanol–water partition coefficient (Wildman–Crippen LogP) is 3.52. The first-order valence-electron chi connectivity index (χ1n) is 7.96. The fourth-order valence-corrected chi connectivity index (χ4v) is 2.30. The van der Waals surface area contributed by atoms with E-state index in [4.69, 9.17) is 14.9 Å². The van der Waals surface area contributed by atoms with Crippen LogP contribution in [0.15, 0.2) is 40.8 Å². The molecule has 7 heteroatoms. The Morgan fingerprint density at radius 1 is 1.24 bits per heavy atom. The molecule has 1 unspecified atom stereocenters. The number of benzene rings is 1. The van der Waals surface area contributed by atoms with E-state index in [-0.39, 0.29) is 42.5 Å². The molecule has 0 saturated carbocycles. The Balaban J connectivity index is 0.00000312. The van der Waals surface area contributed by atoms with Crippen LogP contribution in [0.25, 0.3) is 0 Å². The van der Waals surface area contributed by atoms with E-state index >= 15 is 0 Å². The van der Waals surface area contributed by atoms with Crippen molar-refractivity contribution in [2.24, 2.45) is 11.7 Å². The molecule has 25 heavy (non-hydrogen) atoms. The smallest absolute Gasteiger partial charge is 0.287 e. The Hall–Kier alpha value is -2.05. The lowest BCUT2D eigenvalue weighted by molar-refractivity contribution is 0.0901. The van der Waals surface area contributed by atoms with Gasteiger partial charge in [0.2, 0.25) is 0 Å². The second-order valence-corrected chi connectivity index (χ2v) is 6.04. The third-order valence-electron chi connectivity index (χ3n) is 3.46. The van der Waals surface area contributed by atoms with Gasteiger partial charge in [-0.05, 0) is 48.7 Å². The van der Waals surface area contributed by atoms with Gasteiger partial charge in [-0.25, -0.2) is 4.39 Å². The quantitative estimate of drug-likeness (QED) is 0.745. The normalized spacial score (nSPS) is 11.7. The summed E-state index contributed by atoms with van der Waals surface area (Å²) in [5.74, 6) is 1.08. The largest absolute Gasteiger partial charge is 0.486 e. The summed E-state index contributed by atoms with van der Waals surface area (Å²) < 4.78 is 23.8. The molecule has 0 aliphatic heterocycles. The number of rotatable bonds is 8. The molecule has 2 aromatic rings. The van der Waals surface area contributed by atoms with Crippen molar-refractivity contribution in [2.75, 3.05) is 6.54 Å². The van der Waals surface area contributed by atoms with Crippen molar-refractivity contribution in [3.8, 4) is 5.75 Å². The van der Waals surface area contributed by atoms with Gasteiger partial charge >= 0.3 is 0 Å². The number of amides is 1. The van der Waals surface area contributed by atoms with Gasteiger partial charge < -0.3 is 20.2 Å². The summed E-state index contributed by atoms with van der Waals surface area (Å²) in [6, 6.07) is 8.89. The van der Waals surface area contributed by atoms with E-state index in [1.54, 1.807) is 12.1 Å². The average molecular weight is 371 g/mol. The number of nitrogens with one attached hydrogen (secondary N) is 1. The first-order chi connectivity index (χ1) is 11.5. The summed E-state index contributed by atoms with van der Waals surface area (Å²) in [5, 5.41) is 2.87. The van der Waals surface area contributed by atoms with Crippen LogP contribution in [0.3, 0.4) is 0 Å². The van der Waals surface area contributed by atoms with E-state index in [1.807, 2.05) is 0 Å². The fourth-order valence-electron chi connectivity index (χ4n) is 2.30. The van der Waals surface area contributed by atoms with Crippen molar-refractivity contribution in [3.63, 3.8) is 0 Å². The molecule has 0 fully saturated rings. The minimum absolute atomic E-state index is 0. The molecule has 5 nitrogen and oxygen atoms in total. The molecule has 0 aliphatic carbocycles. The van der Waals surface area contributed by atoms with Crippen molar-refractivity contribution in [3.05, 3.63) is 53.7 Å². The van der Waals surface area contributed by atoms with E-state index in [1.165, 1.54) is 24.3 Å². The first-order valence-corrected chi connectivity index (χ1v) is 7.96. The molecule has 0 aliphatic rings. The van der Waals surface area contributed by atoms with Crippen LogP contribution in [-0.4, -0.2) is 18.5 Å². The topological polar surface area (TPSA) is 77.5 Å². The average Bonchev–Trinajstić information content (AvgIpc) is 3.02. The zero-order valence-corrected chi connectivity index (χ0v) is 15.1. The van der Waals surface area contributed by atoms with Crippen LogP contribution in [0.4, 0.5) is 4.39 Å². The number of furan rings is 1. The highest BCUT2D eigenvalue weighted by Crippen LogP contribution is 2.15.